The molecule has 1 aromatic rings. The first-order valence-electron chi connectivity index (χ1n) is 6.42. The van der Waals surface area contributed by atoms with Crippen LogP contribution in [-0.4, -0.2) is 34.6 Å². The summed E-state index contributed by atoms with van der Waals surface area (Å²) in [5, 5.41) is 11.5. The maximum Gasteiger partial charge on any atom is 0.226 e. The van der Waals surface area contributed by atoms with Crippen LogP contribution in [0.5, 0.6) is 0 Å². The lowest BCUT2D eigenvalue weighted by Crippen LogP contribution is -2.44. The van der Waals surface area contributed by atoms with Gasteiger partial charge in [-0.15, -0.1) is 11.3 Å². The standard InChI is InChI=1S/C14H23NO2S/c1-10(2)15(9-12(4)16)14(17)11(3)8-13-6-5-7-18-13/h5-7,10-12,16H,8-9H2,1-4H3. The van der Waals surface area contributed by atoms with E-state index < -0.39 is 6.10 Å². The summed E-state index contributed by atoms with van der Waals surface area (Å²) in [6.07, 6.45) is 0.296. The number of thiophene rings is 1. The zero-order valence-corrected chi connectivity index (χ0v) is 12.4. The third-order valence-corrected chi connectivity index (χ3v) is 3.78. The highest BCUT2D eigenvalue weighted by atomic mass is 32.1. The quantitative estimate of drug-likeness (QED) is 0.862. The van der Waals surface area contributed by atoms with Crippen molar-refractivity contribution in [1.29, 1.82) is 0 Å². The molecule has 0 aliphatic rings. The fraction of sp³-hybridized carbons (Fsp3) is 0.643. The molecule has 2 atom stereocenters. The van der Waals surface area contributed by atoms with E-state index in [0.717, 1.165) is 6.42 Å². The number of hydrogen-bond donors (Lipinski definition) is 1. The molecule has 0 aliphatic carbocycles. The van der Waals surface area contributed by atoms with E-state index in [1.54, 1.807) is 23.2 Å². The number of hydrogen-bond acceptors (Lipinski definition) is 3. The number of aliphatic hydroxyl groups is 1. The van der Waals surface area contributed by atoms with Gasteiger partial charge in [0.05, 0.1) is 6.10 Å². The van der Waals surface area contributed by atoms with Crippen molar-refractivity contribution in [3.05, 3.63) is 22.4 Å². The number of carbonyl (C=O) groups excluding carboxylic acids is 1. The first kappa shape index (κ1) is 15.2. The summed E-state index contributed by atoms with van der Waals surface area (Å²) in [6, 6.07) is 4.19. The van der Waals surface area contributed by atoms with E-state index >= 15 is 0 Å². The minimum atomic E-state index is -0.481. The molecule has 0 saturated carbocycles. The third-order valence-electron chi connectivity index (χ3n) is 2.88. The molecule has 0 radical (unpaired) electrons. The van der Waals surface area contributed by atoms with Gasteiger partial charge in [-0.1, -0.05) is 13.0 Å². The van der Waals surface area contributed by atoms with Crippen LogP contribution < -0.4 is 0 Å². The predicted octanol–water partition coefficient (Wildman–Crippen LogP) is 2.54. The van der Waals surface area contributed by atoms with Gasteiger partial charge in [0.15, 0.2) is 0 Å². The zero-order chi connectivity index (χ0) is 13.7. The average Bonchev–Trinajstić information content (AvgIpc) is 2.77. The summed E-state index contributed by atoms with van der Waals surface area (Å²) in [6.45, 7) is 8.05. The monoisotopic (exact) mass is 269 g/mol. The van der Waals surface area contributed by atoms with Gasteiger partial charge < -0.3 is 10.0 Å². The minimum absolute atomic E-state index is 0.0372. The van der Waals surface area contributed by atoms with Crippen molar-refractivity contribution in [2.75, 3.05) is 6.54 Å². The van der Waals surface area contributed by atoms with Gasteiger partial charge in [-0.25, -0.2) is 0 Å². The number of nitrogens with zero attached hydrogens (tertiary/aromatic N) is 1. The number of carbonyl (C=O) groups is 1. The molecule has 0 spiro atoms. The minimum Gasteiger partial charge on any atom is -0.392 e. The van der Waals surface area contributed by atoms with Gasteiger partial charge in [0.1, 0.15) is 0 Å². The van der Waals surface area contributed by atoms with E-state index in [2.05, 4.69) is 6.07 Å². The molecular weight excluding hydrogens is 246 g/mol. The Morgan fingerprint density at radius 2 is 2.06 bits per heavy atom. The van der Waals surface area contributed by atoms with Crippen LogP contribution in [0.1, 0.15) is 32.6 Å². The highest BCUT2D eigenvalue weighted by Gasteiger charge is 2.24. The van der Waals surface area contributed by atoms with Gasteiger partial charge in [0.2, 0.25) is 5.91 Å². The summed E-state index contributed by atoms with van der Waals surface area (Å²) >= 11 is 1.68. The van der Waals surface area contributed by atoms with Gasteiger partial charge in [-0.2, -0.15) is 0 Å². The van der Waals surface area contributed by atoms with Crippen molar-refractivity contribution in [2.24, 2.45) is 5.92 Å². The molecule has 0 saturated heterocycles. The lowest BCUT2D eigenvalue weighted by Gasteiger charge is -2.30. The second-order valence-corrected chi connectivity index (χ2v) is 6.15. The topological polar surface area (TPSA) is 40.5 Å². The summed E-state index contributed by atoms with van der Waals surface area (Å²) in [5.41, 5.74) is 0. The highest BCUT2D eigenvalue weighted by molar-refractivity contribution is 7.09. The molecule has 0 aromatic carbocycles. The van der Waals surface area contributed by atoms with Crippen LogP contribution in [0, 0.1) is 5.92 Å². The van der Waals surface area contributed by atoms with Crippen molar-refractivity contribution in [2.45, 2.75) is 46.3 Å². The molecule has 1 rings (SSSR count). The van der Waals surface area contributed by atoms with Crippen molar-refractivity contribution in [3.8, 4) is 0 Å². The molecule has 1 amide bonds. The van der Waals surface area contributed by atoms with E-state index in [9.17, 15) is 9.90 Å². The largest absolute Gasteiger partial charge is 0.392 e. The van der Waals surface area contributed by atoms with Gasteiger partial charge in [-0.05, 0) is 38.6 Å². The molecule has 0 aliphatic heterocycles. The Kier molecular flexibility index (Phi) is 5.82. The average molecular weight is 269 g/mol. The zero-order valence-electron chi connectivity index (χ0n) is 11.6. The van der Waals surface area contributed by atoms with Gasteiger partial charge in [-0.3, -0.25) is 4.79 Å². The number of aliphatic hydroxyl groups excluding tert-OH is 1. The van der Waals surface area contributed by atoms with Crippen LogP contribution in [0.2, 0.25) is 0 Å². The smallest absolute Gasteiger partial charge is 0.226 e. The molecule has 0 fully saturated rings. The van der Waals surface area contributed by atoms with Crippen LogP contribution in [0.3, 0.4) is 0 Å². The van der Waals surface area contributed by atoms with Crippen LogP contribution in [0.4, 0.5) is 0 Å². The predicted molar refractivity (Wildman–Crippen MR) is 75.7 cm³/mol. The van der Waals surface area contributed by atoms with Crippen molar-refractivity contribution in [3.63, 3.8) is 0 Å². The normalized spacial score (nSPS) is 14.6. The highest BCUT2D eigenvalue weighted by Crippen LogP contribution is 2.17. The van der Waals surface area contributed by atoms with E-state index in [1.165, 1.54) is 4.88 Å². The molecule has 2 unspecified atom stereocenters. The first-order valence-corrected chi connectivity index (χ1v) is 7.30. The lowest BCUT2D eigenvalue weighted by atomic mass is 10.0. The Morgan fingerprint density at radius 3 is 2.50 bits per heavy atom. The Bertz CT molecular complexity index is 360. The van der Waals surface area contributed by atoms with E-state index in [0.29, 0.717) is 6.54 Å². The fourth-order valence-electron chi connectivity index (χ4n) is 1.94. The Morgan fingerprint density at radius 1 is 1.39 bits per heavy atom. The maximum absolute atomic E-state index is 12.4. The van der Waals surface area contributed by atoms with Gasteiger partial charge in [0, 0.05) is 23.4 Å². The van der Waals surface area contributed by atoms with Crippen LogP contribution in [0.25, 0.3) is 0 Å². The summed E-state index contributed by atoms with van der Waals surface area (Å²) < 4.78 is 0. The third kappa shape index (κ3) is 4.42. The molecule has 1 aromatic heterocycles. The number of rotatable bonds is 6. The number of amides is 1. The van der Waals surface area contributed by atoms with Crippen LogP contribution >= 0.6 is 11.3 Å². The molecule has 0 bridgehead atoms. The second kappa shape index (κ2) is 6.90. The van der Waals surface area contributed by atoms with Gasteiger partial charge in [0.25, 0.3) is 0 Å². The summed E-state index contributed by atoms with van der Waals surface area (Å²) in [7, 11) is 0. The summed E-state index contributed by atoms with van der Waals surface area (Å²) in [4.78, 5) is 15.4. The Balaban J connectivity index is 2.64. The van der Waals surface area contributed by atoms with E-state index in [-0.39, 0.29) is 17.9 Å². The van der Waals surface area contributed by atoms with Gasteiger partial charge >= 0.3 is 0 Å². The molecule has 1 N–H and O–H groups in total. The fourth-order valence-corrected chi connectivity index (χ4v) is 2.78. The van der Waals surface area contributed by atoms with Crippen molar-refractivity contribution < 1.29 is 9.90 Å². The molecule has 4 heteroatoms. The molecular formula is C14H23NO2S. The molecule has 3 nitrogen and oxygen atoms in total. The lowest BCUT2D eigenvalue weighted by molar-refractivity contribution is -0.138. The van der Waals surface area contributed by atoms with E-state index in [1.807, 2.05) is 32.2 Å². The molecule has 102 valence electrons. The molecule has 18 heavy (non-hydrogen) atoms. The second-order valence-electron chi connectivity index (χ2n) is 5.12. The summed E-state index contributed by atoms with van der Waals surface area (Å²) in [5.74, 6) is 0.0871. The maximum atomic E-state index is 12.4. The van der Waals surface area contributed by atoms with Crippen molar-refractivity contribution in [1.82, 2.24) is 4.90 Å². The molecule has 1 heterocycles. The van der Waals surface area contributed by atoms with Crippen LogP contribution in [0.15, 0.2) is 17.5 Å². The Hall–Kier alpha value is -0.870. The Labute approximate surface area is 113 Å². The first-order chi connectivity index (χ1) is 8.41. The van der Waals surface area contributed by atoms with Crippen LogP contribution in [-0.2, 0) is 11.2 Å². The van der Waals surface area contributed by atoms with E-state index in [4.69, 9.17) is 0 Å². The SMILES string of the molecule is CC(O)CN(C(=O)C(C)Cc1cccs1)C(C)C. The van der Waals surface area contributed by atoms with Crippen molar-refractivity contribution >= 4 is 17.2 Å².